The van der Waals surface area contributed by atoms with E-state index in [0.717, 1.165) is 32.2 Å². The molecule has 2 aromatic carbocycles. The summed E-state index contributed by atoms with van der Waals surface area (Å²) in [6.45, 7) is 3.95. The molecule has 1 saturated carbocycles. The SMILES string of the molecule is C[C@H](CN1C2CCC1CC(c1cccc(O)c1)C2)N(Cc1ccccc1)C(=O)C1CCCCC1. The number of carbonyl (C=O) groups is 1. The molecule has 1 aliphatic carbocycles. The summed E-state index contributed by atoms with van der Waals surface area (Å²) in [4.78, 5) is 18.6. The summed E-state index contributed by atoms with van der Waals surface area (Å²) in [5.41, 5.74) is 2.51. The Hall–Kier alpha value is -2.33. The van der Waals surface area contributed by atoms with Crippen molar-refractivity contribution >= 4 is 5.91 Å². The van der Waals surface area contributed by atoms with Gasteiger partial charge in [0.2, 0.25) is 5.91 Å². The van der Waals surface area contributed by atoms with Gasteiger partial charge in [0.05, 0.1) is 0 Å². The highest BCUT2D eigenvalue weighted by atomic mass is 16.3. The zero-order valence-corrected chi connectivity index (χ0v) is 20.6. The van der Waals surface area contributed by atoms with E-state index in [-0.39, 0.29) is 12.0 Å². The summed E-state index contributed by atoms with van der Waals surface area (Å²) in [5, 5.41) is 9.96. The van der Waals surface area contributed by atoms with E-state index in [2.05, 4.69) is 53.1 Å². The molecule has 2 heterocycles. The first-order chi connectivity index (χ1) is 16.6. The molecule has 0 aromatic heterocycles. The van der Waals surface area contributed by atoms with E-state index in [1.54, 1.807) is 6.07 Å². The number of carbonyl (C=O) groups excluding carboxylic acids is 1. The van der Waals surface area contributed by atoms with Crippen LogP contribution in [-0.2, 0) is 11.3 Å². The van der Waals surface area contributed by atoms with Crippen LogP contribution in [-0.4, -0.2) is 45.5 Å². The Kier molecular flexibility index (Phi) is 7.24. The van der Waals surface area contributed by atoms with Gasteiger partial charge in [0.25, 0.3) is 0 Å². The Balaban J connectivity index is 1.29. The largest absolute Gasteiger partial charge is 0.508 e. The van der Waals surface area contributed by atoms with Crippen LogP contribution in [0.4, 0.5) is 0 Å². The van der Waals surface area contributed by atoms with Crippen molar-refractivity contribution < 1.29 is 9.90 Å². The van der Waals surface area contributed by atoms with Crippen molar-refractivity contribution in [1.82, 2.24) is 9.80 Å². The van der Waals surface area contributed by atoms with E-state index in [1.807, 2.05) is 12.1 Å². The Bertz CT molecular complexity index is 941. The number of hydrogen-bond donors (Lipinski definition) is 1. The average molecular weight is 461 g/mol. The molecule has 4 heteroatoms. The van der Waals surface area contributed by atoms with Gasteiger partial charge in [0.15, 0.2) is 0 Å². The first-order valence-electron chi connectivity index (χ1n) is 13.5. The van der Waals surface area contributed by atoms with Crippen molar-refractivity contribution in [3.05, 3.63) is 65.7 Å². The molecule has 3 fully saturated rings. The molecule has 1 amide bonds. The fourth-order valence-corrected chi connectivity index (χ4v) is 6.84. The van der Waals surface area contributed by atoms with Crippen molar-refractivity contribution in [2.24, 2.45) is 5.92 Å². The molecule has 4 nitrogen and oxygen atoms in total. The molecule has 34 heavy (non-hydrogen) atoms. The minimum absolute atomic E-state index is 0.202. The molecule has 2 aliphatic heterocycles. The van der Waals surface area contributed by atoms with Gasteiger partial charge in [-0.15, -0.1) is 0 Å². The third-order valence-electron chi connectivity index (χ3n) is 8.67. The van der Waals surface area contributed by atoms with Crippen LogP contribution in [0.5, 0.6) is 5.75 Å². The number of rotatable bonds is 7. The second kappa shape index (κ2) is 10.5. The smallest absolute Gasteiger partial charge is 0.226 e. The first-order valence-corrected chi connectivity index (χ1v) is 13.5. The summed E-state index contributed by atoms with van der Waals surface area (Å²) in [6, 6.07) is 19.7. The third kappa shape index (κ3) is 5.17. The van der Waals surface area contributed by atoms with E-state index < -0.39 is 0 Å². The van der Waals surface area contributed by atoms with Crippen molar-refractivity contribution in [3.8, 4) is 5.75 Å². The van der Waals surface area contributed by atoms with Crippen molar-refractivity contribution in [2.75, 3.05) is 6.54 Å². The van der Waals surface area contributed by atoms with E-state index in [4.69, 9.17) is 0 Å². The minimum Gasteiger partial charge on any atom is -0.508 e. The number of phenols is 1. The van der Waals surface area contributed by atoms with Gasteiger partial charge < -0.3 is 10.0 Å². The Morgan fingerprint density at radius 1 is 0.971 bits per heavy atom. The second-order valence-electron chi connectivity index (χ2n) is 11.0. The van der Waals surface area contributed by atoms with Crippen LogP contribution in [0, 0.1) is 5.92 Å². The fraction of sp³-hybridized carbons (Fsp3) is 0.567. The lowest BCUT2D eigenvalue weighted by atomic mass is 9.84. The summed E-state index contributed by atoms with van der Waals surface area (Å²) < 4.78 is 0. The van der Waals surface area contributed by atoms with E-state index in [0.29, 0.717) is 36.2 Å². The zero-order valence-electron chi connectivity index (χ0n) is 20.6. The monoisotopic (exact) mass is 460 g/mol. The molecular formula is C30H40N2O2. The molecule has 5 rings (SSSR count). The molecule has 0 radical (unpaired) electrons. The third-order valence-corrected chi connectivity index (χ3v) is 8.67. The van der Waals surface area contributed by atoms with Gasteiger partial charge in [-0.05, 0) is 74.6 Å². The standard InChI is InChI=1S/C30H40N2O2/c1-22(31(21-23-9-4-2-5-10-23)30(34)24-11-6-3-7-12-24)20-32-27-15-16-28(32)18-26(17-27)25-13-8-14-29(33)19-25/h2,4-5,8-10,13-14,19,22,24,26-28,33H,3,6-7,11-12,15-18,20-21H2,1H3/t22-,26?,27?,28?/m1/s1. The summed E-state index contributed by atoms with van der Waals surface area (Å²) in [6.07, 6.45) is 10.6. The van der Waals surface area contributed by atoms with E-state index in [9.17, 15) is 9.90 Å². The number of hydrogen-bond acceptors (Lipinski definition) is 3. The molecular weight excluding hydrogens is 420 g/mol. The van der Waals surface area contributed by atoms with Gasteiger partial charge in [-0.1, -0.05) is 61.7 Å². The molecule has 3 aliphatic rings. The molecule has 2 unspecified atom stereocenters. The maximum atomic E-state index is 13.7. The molecule has 0 spiro atoms. The maximum absolute atomic E-state index is 13.7. The molecule has 2 saturated heterocycles. The van der Waals surface area contributed by atoms with Gasteiger partial charge >= 0.3 is 0 Å². The van der Waals surface area contributed by atoms with Crippen LogP contribution < -0.4 is 0 Å². The van der Waals surface area contributed by atoms with E-state index >= 15 is 0 Å². The number of nitrogens with zero attached hydrogens (tertiary/aromatic N) is 2. The normalized spacial score (nSPS) is 26.3. The van der Waals surface area contributed by atoms with Crippen LogP contribution in [0.15, 0.2) is 54.6 Å². The van der Waals surface area contributed by atoms with Gasteiger partial charge in [-0.25, -0.2) is 0 Å². The van der Waals surface area contributed by atoms with Crippen LogP contribution in [0.25, 0.3) is 0 Å². The van der Waals surface area contributed by atoms with Crippen LogP contribution in [0.2, 0.25) is 0 Å². The minimum atomic E-state index is 0.202. The number of aromatic hydroxyl groups is 1. The molecule has 182 valence electrons. The van der Waals surface area contributed by atoms with Gasteiger partial charge in [-0.2, -0.15) is 0 Å². The molecule has 3 atom stereocenters. The number of amides is 1. The number of fused-ring (bicyclic) bond motifs is 2. The molecule has 2 aromatic rings. The van der Waals surface area contributed by atoms with Crippen LogP contribution >= 0.6 is 0 Å². The lowest BCUT2D eigenvalue weighted by Crippen LogP contribution is -2.51. The van der Waals surface area contributed by atoms with E-state index in [1.165, 1.54) is 43.2 Å². The molecule has 2 bridgehead atoms. The second-order valence-corrected chi connectivity index (χ2v) is 11.0. The fourth-order valence-electron chi connectivity index (χ4n) is 6.84. The lowest BCUT2D eigenvalue weighted by Gasteiger charge is -2.43. The van der Waals surface area contributed by atoms with Crippen molar-refractivity contribution in [1.29, 1.82) is 0 Å². The summed E-state index contributed by atoms with van der Waals surface area (Å²) in [7, 11) is 0. The molecule has 1 N–H and O–H groups in total. The van der Waals surface area contributed by atoms with Crippen molar-refractivity contribution in [2.45, 2.75) is 95.3 Å². The van der Waals surface area contributed by atoms with Crippen LogP contribution in [0.3, 0.4) is 0 Å². The summed E-state index contributed by atoms with van der Waals surface area (Å²) in [5.74, 6) is 1.48. The average Bonchev–Trinajstić information content (AvgIpc) is 3.09. The summed E-state index contributed by atoms with van der Waals surface area (Å²) >= 11 is 0. The predicted octanol–water partition coefficient (Wildman–Crippen LogP) is 6.10. The number of benzene rings is 2. The number of phenolic OH excluding ortho intramolecular Hbond substituents is 1. The first kappa shape index (κ1) is 23.4. The Labute approximate surface area is 205 Å². The van der Waals surface area contributed by atoms with Gasteiger partial charge in [0.1, 0.15) is 5.75 Å². The maximum Gasteiger partial charge on any atom is 0.226 e. The quantitative estimate of drug-likeness (QED) is 0.543. The Morgan fingerprint density at radius 2 is 1.68 bits per heavy atom. The highest BCUT2D eigenvalue weighted by molar-refractivity contribution is 5.79. The highest BCUT2D eigenvalue weighted by Crippen LogP contribution is 2.43. The van der Waals surface area contributed by atoms with Crippen molar-refractivity contribution in [3.63, 3.8) is 0 Å². The van der Waals surface area contributed by atoms with Crippen LogP contribution in [0.1, 0.15) is 81.8 Å². The Morgan fingerprint density at radius 3 is 2.35 bits per heavy atom. The number of piperidine rings is 1. The highest BCUT2D eigenvalue weighted by Gasteiger charge is 2.42. The predicted molar refractivity (Wildman–Crippen MR) is 137 cm³/mol. The topological polar surface area (TPSA) is 43.8 Å². The van der Waals surface area contributed by atoms with Gasteiger partial charge in [0, 0.05) is 37.1 Å². The lowest BCUT2D eigenvalue weighted by molar-refractivity contribution is -0.140. The zero-order chi connectivity index (χ0) is 23.5. The van der Waals surface area contributed by atoms with Gasteiger partial charge in [-0.3, -0.25) is 9.69 Å².